The molecule has 2 bridgehead atoms. The lowest BCUT2D eigenvalue weighted by molar-refractivity contribution is -0.122. The van der Waals surface area contributed by atoms with Crippen molar-refractivity contribution in [2.45, 2.75) is 51.6 Å². The molecular weight excluding hydrogens is 522 g/mol. The summed E-state index contributed by atoms with van der Waals surface area (Å²) in [6.45, 7) is 3.85. The van der Waals surface area contributed by atoms with Crippen molar-refractivity contribution in [3.05, 3.63) is 57.8 Å². The number of benzene rings is 1. The summed E-state index contributed by atoms with van der Waals surface area (Å²) < 4.78 is 17.1. The van der Waals surface area contributed by atoms with Crippen LogP contribution in [0.25, 0.3) is 11.1 Å². The van der Waals surface area contributed by atoms with Crippen LogP contribution in [0.3, 0.4) is 0 Å². The molecule has 0 aromatic heterocycles. The highest BCUT2D eigenvalue weighted by Gasteiger charge is 2.36. The van der Waals surface area contributed by atoms with Gasteiger partial charge in [-0.3, -0.25) is 14.4 Å². The standard InChI is InChI=1S/C32H39N3O6/c1-17(32(38)33-16-22-13-19-6-7-20(22)12-19)34-26-11-9-23-24(15-27(26)37)25(35-18(2)36)10-8-21-14-28(39-3)30(40-4)31(41-5)29(21)23/h6-7,9,11,14-15,17,19-20,22,25H,8,10,12-13,16H2,1-5H3,(H,33,38)(H,34,37)(H,35,36)/t17-,19+,20+,22-,25-/m1/s1. The molecule has 2 aromatic rings. The summed E-state index contributed by atoms with van der Waals surface area (Å²) in [5.41, 5.74) is 3.16. The first-order valence-electron chi connectivity index (χ1n) is 14.2. The fourth-order valence-electron chi connectivity index (χ4n) is 6.64. The highest BCUT2D eigenvalue weighted by molar-refractivity contribution is 5.85. The van der Waals surface area contributed by atoms with Crippen molar-refractivity contribution in [1.29, 1.82) is 0 Å². The van der Waals surface area contributed by atoms with Crippen LogP contribution < -0.4 is 35.6 Å². The lowest BCUT2D eigenvalue weighted by atomic mass is 9.93. The number of nitrogens with one attached hydrogen (secondary N) is 3. The van der Waals surface area contributed by atoms with Crippen LogP contribution in [0.2, 0.25) is 0 Å². The first-order valence-corrected chi connectivity index (χ1v) is 14.2. The zero-order valence-corrected chi connectivity index (χ0v) is 24.3. The van der Waals surface area contributed by atoms with Crippen molar-refractivity contribution < 1.29 is 23.8 Å². The van der Waals surface area contributed by atoms with Crippen molar-refractivity contribution in [3.8, 4) is 28.4 Å². The molecule has 9 heteroatoms. The largest absolute Gasteiger partial charge is 0.493 e. The second-order valence-corrected chi connectivity index (χ2v) is 11.2. The van der Waals surface area contributed by atoms with E-state index in [2.05, 4.69) is 28.1 Å². The average molecular weight is 562 g/mol. The summed E-state index contributed by atoms with van der Waals surface area (Å²) in [4.78, 5) is 38.7. The quantitative estimate of drug-likeness (QED) is 0.397. The first-order chi connectivity index (χ1) is 19.7. The lowest BCUT2D eigenvalue weighted by Gasteiger charge is -2.20. The van der Waals surface area contributed by atoms with Gasteiger partial charge in [-0.25, -0.2) is 0 Å². The van der Waals surface area contributed by atoms with Gasteiger partial charge in [0.25, 0.3) is 0 Å². The number of allylic oxidation sites excluding steroid dienone is 2. The smallest absolute Gasteiger partial charge is 0.242 e. The molecule has 41 heavy (non-hydrogen) atoms. The van der Waals surface area contributed by atoms with Crippen molar-refractivity contribution in [2.75, 3.05) is 33.2 Å². The third-order valence-corrected chi connectivity index (χ3v) is 8.64. The predicted octanol–water partition coefficient (Wildman–Crippen LogP) is 3.99. The number of rotatable bonds is 9. The maximum Gasteiger partial charge on any atom is 0.242 e. The Morgan fingerprint density at radius 1 is 1.02 bits per heavy atom. The summed E-state index contributed by atoms with van der Waals surface area (Å²) in [6.07, 6.45) is 8.05. The Bertz CT molecular complexity index is 1440. The number of carbonyl (C=O) groups is 2. The fourth-order valence-corrected chi connectivity index (χ4v) is 6.64. The zero-order valence-electron chi connectivity index (χ0n) is 24.3. The van der Waals surface area contributed by atoms with Crippen LogP contribution in [0, 0.1) is 17.8 Å². The molecule has 1 fully saturated rings. The molecule has 0 aliphatic heterocycles. The molecule has 0 unspecified atom stereocenters. The van der Waals surface area contributed by atoms with E-state index in [9.17, 15) is 14.4 Å². The number of methoxy groups -OCH3 is 3. The van der Waals surface area contributed by atoms with Crippen LogP contribution in [0.15, 0.2) is 41.2 Å². The molecule has 5 atom stereocenters. The van der Waals surface area contributed by atoms with Gasteiger partial charge in [-0.05, 0) is 85.3 Å². The van der Waals surface area contributed by atoms with E-state index in [1.807, 2.05) is 12.1 Å². The summed E-state index contributed by atoms with van der Waals surface area (Å²) in [6, 6.07) is 5.99. The van der Waals surface area contributed by atoms with Gasteiger partial charge in [0.1, 0.15) is 6.04 Å². The first kappa shape index (κ1) is 28.5. The van der Waals surface area contributed by atoms with E-state index >= 15 is 0 Å². The van der Waals surface area contributed by atoms with Gasteiger partial charge in [-0.1, -0.05) is 18.2 Å². The Morgan fingerprint density at radius 2 is 1.80 bits per heavy atom. The minimum Gasteiger partial charge on any atom is -0.493 e. The van der Waals surface area contributed by atoms with Gasteiger partial charge in [-0.15, -0.1) is 0 Å². The molecule has 9 nitrogen and oxygen atoms in total. The second-order valence-electron chi connectivity index (χ2n) is 11.2. The monoisotopic (exact) mass is 561 g/mol. The van der Waals surface area contributed by atoms with Crippen molar-refractivity contribution >= 4 is 17.5 Å². The van der Waals surface area contributed by atoms with E-state index in [1.54, 1.807) is 40.4 Å². The van der Waals surface area contributed by atoms with Crippen LogP contribution >= 0.6 is 0 Å². The molecule has 2 aromatic carbocycles. The number of ether oxygens (including phenoxy) is 3. The van der Waals surface area contributed by atoms with Crippen molar-refractivity contribution in [3.63, 3.8) is 0 Å². The Morgan fingerprint density at radius 3 is 2.44 bits per heavy atom. The Hall–Kier alpha value is -4.01. The lowest BCUT2D eigenvalue weighted by Crippen LogP contribution is -2.41. The van der Waals surface area contributed by atoms with E-state index in [0.29, 0.717) is 65.6 Å². The number of fused-ring (bicyclic) bond motifs is 5. The summed E-state index contributed by atoms with van der Waals surface area (Å²) in [7, 11) is 4.69. The molecule has 0 radical (unpaired) electrons. The average Bonchev–Trinajstić information content (AvgIpc) is 3.51. The molecule has 218 valence electrons. The fraction of sp³-hybridized carbons (Fsp3) is 0.469. The number of amides is 2. The van der Waals surface area contributed by atoms with Gasteiger partial charge < -0.3 is 30.2 Å². The van der Waals surface area contributed by atoms with Crippen LogP contribution in [0.4, 0.5) is 5.69 Å². The maximum atomic E-state index is 13.5. The normalized spacial score (nSPS) is 22.6. The molecule has 3 N–H and O–H groups in total. The van der Waals surface area contributed by atoms with Gasteiger partial charge in [0.05, 0.1) is 33.1 Å². The van der Waals surface area contributed by atoms with Gasteiger partial charge >= 0.3 is 0 Å². The Kier molecular flexibility index (Phi) is 8.24. The third kappa shape index (κ3) is 5.62. The molecule has 1 saturated carbocycles. The minimum atomic E-state index is -0.614. The molecule has 5 rings (SSSR count). The van der Waals surface area contributed by atoms with Crippen LogP contribution in [0.5, 0.6) is 17.2 Å². The number of hydrogen-bond acceptors (Lipinski definition) is 7. The molecule has 0 heterocycles. The van der Waals surface area contributed by atoms with E-state index in [-0.39, 0.29) is 17.2 Å². The summed E-state index contributed by atoms with van der Waals surface area (Å²) >= 11 is 0. The van der Waals surface area contributed by atoms with Crippen molar-refractivity contribution in [2.24, 2.45) is 17.8 Å². The van der Waals surface area contributed by atoms with E-state index < -0.39 is 12.1 Å². The highest BCUT2D eigenvalue weighted by Crippen LogP contribution is 2.50. The number of hydrogen-bond donors (Lipinski definition) is 3. The van der Waals surface area contributed by atoms with Crippen molar-refractivity contribution in [1.82, 2.24) is 10.6 Å². The summed E-state index contributed by atoms with van der Waals surface area (Å²) in [5, 5.41) is 9.21. The Labute approximate surface area is 240 Å². The second kappa shape index (κ2) is 11.8. The molecule has 0 spiro atoms. The molecular formula is C32H39N3O6. The SMILES string of the molecule is COc1cc2c(c(OC)c1OC)-c1ccc(N[C@H](C)C(=O)NC[C@H]3C[C@H]4C=C[C@H]3C4)c(=O)cc1[C@H](NC(C)=O)CC2. The predicted molar refractivity (Wildman–Crippen MR) is 158 cm³/mol. The third-order valence-electron chi connectivity index (χ3n) is 8.64. The highest BCUT2D eigenvalue weighted by atomic mass is 16.5. The van der Waals surface area contributed by atoms with Gasteiger partial charge in [0.2, 0.25) is 23.0 Å². The van der Waals surface area contributed by atoms with Gasteiger partial charge in [0.15, 0.2) is 11.5 Å². The maximum absolute atomic E-state index is 13.5. The van der Waals surface area contributed by atoms with Crippen LogP contribution in [-0.4, -0.2) is 45.7 Å². The summed E-state index contributed by atoms with van der Waals surface area (Å²) in [5.74, 6) is 2.80. The molecule has 3 aliphatic rings. The minimum absolute atomic E-state index is 0.149. The van der Waals surface area contributed by atoms with Crippen LogP contribution in [-0.2, 0) is 16.0 Å². The topological polar surface area (TPSA) is 115 Å². The van der Waals surface area contributed by atoms with E-state index in [4.69, 9.17) is 14.2 Å². The van der Waals surface area contributed by atoms with Gasteiger partial charge in [0, 0.05) is 19.0 Å². The van der Waals surface area contributed by atoms with Gasteiger partial charge in [-0.2, -0.15) is 0 Å². The Balaban J connectivity index is 1.49. The van der Waals surface area contributed by atoms with E-state index in [0.717, 1.165) is 23.1 Å². The number of carbonyl (C=O) groups excluding carboxylic acids is 2. The molecule has 2 amide bonds. The van der Waals surface area contributed by atoms with Crippen LogP contribution in [0.1, 0.15) is 50.3 Å². The van der Waals surface area contributed by atoms with E-state index in [1.165, 1.54) is 13.3 Å². The molecule has 3 aliphatic carbocycles. The molecule has 0 saturated heterocycles. The number of anilines is 1. The zero-order chi connectivity index (χ0) is 29.3. The number of aryl methyl sites for hydroxylation is 1.